The van der Waals surface area contributed by atoms with E-state index in [2.05, 4.69) is 27.7 Å². The van der Waals surface area contributed by atoms with Crippen molar-refractivity contribution >= 4 is 15.0 Å². The van der Waals surface area contributed by atoms with E-state index in [0.29, 0.717) is 17.4 Å². The van der Waals surface area contributed by atoms with E-state index in [4.69, 9.17) is 14.2 Å². The van der Waals surface area contributed by atoms with Crippen LogP contribution < -0.4 is 9.05 Å². The van der Waals surface area contributed by atoms with E-state index in [1.165, 1.54) is 0 Å². The maximum atomic E-state index is 10.2. The van der Waals surface area contributed by atoms with E-state index in [0.717, 1.165) is 24.3 Å². The number of hydrogen-bond donors (Lipinski definition) is 3. The maximum Gasteiger partial charge on any atom is 0.335 e. The first-order valence-corrected chi connectivity index (χ1v) is 13.2. The van der Waals surface area contributed by atoms with Gasteiger partial charge in [0.25, 0.3) is 9.03 Å². The molecule has 0 atom stereocenters. The summed E-state index contributed by atoms with van der Waals surface area (Å²) in [6.07, 6.45) is 1.98. The molecule has 0 saturated heterocycles. The van der Waals surface area contributed by atoms with Gasteiger partial charge in [-0.25, -0.2) is 4.79 Å². The predicted octanol–water partition coefficient (Wildman–Crippen LogP) is 7.09. The third kappa shape index (κ3) is 13.3. The van der Waals surface area contributed by atoms with Crippen LogP contribution in [0.15, 0.2) is 91.0 Å². The second-order valence-corrected chi connectivity index (χ2v) is 9.93. The van der Waals surface area contributed by atoms with Crippen molar-refractivity contribution in [3.05, 3.63) is 96.6 Å². The first-order valence-electron chi connectivity index (χ1n) is 12.4. The first-order chi connectivity index (χ1) is 17.7. The summed E-state index contributed by atoms with van der Waals surface area (Å²) in [4.78, 5) is 10.2. The molecule has 0 unspecified atom stereocenters. The monoisotopic (exact) mass is 528 g/mol. The van der Waals surface area contributed by atoms with Gasteiger partial charge in [-0.15, -0.1) is 0 Å². The van der Waals surface area contributed by atoms with Gasteiger partial charge < -0.3 is 24.4 Å². The third-order valence-corrected chi connectivity index (χ3v) is 6.54. The van der Waals surface area contributed by atoms with Crippen molar-refractivity contribution in [2.75, 3.05) is 13.2 Å². The van der Waals surface area contributed by atoms with Crippen LogP contribution in [0.5, 0.6) is 11.5 Å². The quantitative estimate of drug-likeness (QED) is 0.230. The average molecular weight is 529 g/mol. The Hall–Kier alpha value is -2.92. The number of para-hydroxylation sites is 2. The lowest BCUT2D eigenvalue weighted by molar-refractivity contribution is 0.00497. The van der Waals surface area contributed by atoms with E-state index in [-0.39, 0.29) is 27.7 Å². The lowest BCUT2D eigenvalue weighted by atomic mass is 9.74. The minimum Gasteiger partial charge on any atom is -0.478 e. The van der Waals surface area contributed by atoms with E-state index in [1.54, 1.807) is 30.3 Å². The molecule has 0 amide bonds. The molecule has 0 aliphatic heterocycles. The zero-order valence-electron chi connectivity index (χ0n) is 22.2. The van der Waals surface area contributed by atoms with Crippen molar-refractivity contribution in [3.8, 4) is 11.5 Å². The molecule has 0 aromatic heterocycles. The number of carbonyl (C=O) groups is 1. The average Bonchev–Trinajstić information content (AvgIpc) is 2.92. The van der Waals surface area contributed by atoms with E-state index < -0.39 is 5.97 Å². The Morgan fingerprint density at radius 1 is 0.757 bits per heavy atom. The zero-order chi connectivity index (χ0) is 27.5. The Morgan fingerprint density at radius 3 is 1.46 bits per heavy atom. The number of aliphatic hydroxyl groups is 2. The molecule has 3 N–H and O–H groups in total. The molecular weight excluding hydrogens is 487 g/mol. The highest BCUT2D eigenvalue weighted by Crippen LogP contribution is 2.33. The Kier molecular flexibility index (Phi) is 15.9. The summed E-state index contributed by atoms with van der Waals surface area (Å²) in [6, 6.07) is 27.5. The maximum absolute atomic E-state index is 10.2. The highest BCUT2D eigenvalue weighted by molar-refractivity contribution is 7.27. The van der Waals surface area contributed by atoms with Crippen molar-refractivity contribution < 1.29 is 29.2 Å². The van der Waals surface area contributed by atoms with Gasteiger partial charge in [0.1, 0.15) is 11.5 Å². The lowest BCUT2D eigenvalue weighted by Gasteiger charge is -2.34. The molecule has 37 heavy (non-hydrogen) atoms. The lowest BCUT2D eigenvalue weighted by Crippen LogP contribution is -2.35. The highest BCUT2D eigenvalue weighted by Gasteiger charge is 2.32. The minimum atomic E-state index is -0.879. The van der Waals surface area contributed by atoms with Gasteiger partial charge in [0.05, 0.1) is 18.8 Å². The molecule has 0 fully saturated rings. The van der Waals surface area contributed by atoms with Gasteiger partial charge in [-0.2, -0.15) is 0 Å². The Bertz CT molecular complexity index is 922. The summed E-state index contributed by atoms with van der Waals surface area (Å²) in [7, 11) is -0.0129. The Morgan fingerprint density at radius 2 is 1.16 bits per heavy atom. The third-order valence-electron chi connectivity index (χ3n) is 5.90. The van der Waals surface area contributed by atoms with E-state index >= 15 is 0 Å². The van der Waals surface area contributed by atoms with Crippen LogP contribution in [-0.2, 0) is 0 Å². The zero-order valence-corrected chi connectivity index (χ0v) is 23.2. The molecule has 0 saturated carbocycles. The molecular formula is C30H41O6P. The van der Waals surface area contributed by atoms with Crippen molar-refractivity contribution in [2.45, 2.75) is 40.5 Å². The SMILES string of the molecule is CC(C)CCC(CO)(CO)C(C)C.O=C(O)c1ccccc1.c1ccc(OPOc2ccccc2)cc1. The highest BCUT2D eigenvalue weighted by atomic mass is 31.1. The van der Waals surface area contributed by atoms with Crippen molar-refractivity contribution in [3.63, 3.8) is 0 Å². The summed E-state index contributed by atoms with van der Waals surface area (Å²) in [5.74, 6) is 1.74. The molecule has 0 radical (unpaired) electrons. The summed E-state index contributed by atoms with van der Waals surface area (Å²) < 4.78 is 10.8. The number of carboxylic acids is 1. The van der Waals surface area contributed by atoms with Crippen LogP contribution in [0, 0.1) is 17.3 Å². The van der Waals surface area contributed by atoms with Crippen LogP contribution >= 0.6 is 9.03 Å². The number of aromatic carboxylic acids is 1. The molecule has 3 aromatic carbocycles. The number of benzene rings is 3. The van der Waals surface area contributed by atoms with Gasteiger partial charge in [-0.05, 0) is 54.7 Å². The predicted molar refractivity (Wildman–Crippen MR) is 151 cm³/mol. The van der Waals surface area contributed by atoms with Crippen LogP contribution in [0.1, 0.15) is 50.9 Å². The Balaban J connectivity index is 0.000000287. The molecule has 0 bridgehead atoms. The largest absolute Gasteiger partial charge is 0.478 e. The number of aliphatic hydroxyl groups excluding tert-OH is 2. The van der Waals surface area contributed by atoms with Gasteiger partial charge in [0.2, 0.25) is 0 Å². The summed E-state index contributed by atoms with van der Waals surface area (Å²) in [6.45, 7) is 8.64. The second kappa shape index (κ2) is 18.3. The van der Waals surface area contributed by atoms with Crippen LogP contribution in [0.25, 0.3) is 0 Å². The van der Waals surface area contributed by atoms with E-state index in [9.17, 15) is 15.0 Å². The van der Waals surface area contributed by atoms with Gasteiger partial charge >= 0.3 is 5.97 Å². The number of hydrogen-bond acceptors (Lipinski definition) is 5. The molecule has 0 aliphatic carbocycles. The summed E-state index contributed by atoms with van der Waals surface area (Å²) in [5.41, 5.74) is 0.0575. The molecule has 0 heterocycles. The summed E-state index contributed by atoms with van der Waals surface area (Å²) >= 11 is 0. The topological polar surface area (TPSA) is 96.2 Å². The number of rotatable bonds is 11. The van der Waals surface area contributed by atoms with Crippen molar-refractivity contribution in [2.24, 2.45) is 17.3 Å². The van der Waals surface area contributed by atoms with Crippen LogP contribution in [-0.4, -0.2) is 34.5 Å². The van der Waals surface area contributed by atoms with Crippen LogP contribution in [0.2, 0.25) is 0 Å². The number of carboxylic acid groups (broad SMARTS) is 1. The fourth-order valence-corrected chi connectivity index (χ4v) is 3.62. The fourth-order valence-electron chi connectivity index (χ4n) is 3.11. The first kappa shape index (κ1) is 32.1. The molecule has 0 spiro atoms. The van der Waals surface area contributed by atoms with Crippen LogP contribution in [0.4, 0.5) is 0 Å². The molecule has 3 aromatic rings. The van der Waals surface area contributed by atoms with Gasteiger partial charge in [-0.3, -0.25) is 0 Å². The molecule has 3 rings (SSSR count). The van der Waals surface area contributed by atoms with Crippen molar-refractivity contribution in [1.82, 2.24) is 0 Å². The van der Waals surface area contributed by atoms with E-state index in [1.807, 2.05) is 60.7 Å². The molecule has 202 valence electrons. The standard InChI is InChI=1S/C12H11O2P.C11H24O2.C7H6O2/c1-3-7-11(8-4-1)13-15-14-12-9-5-2-6-10-12;1-9(2)5-6-11(7-12,8-13)10(3)4;8-7(9)6-4-2-1-3-5-6/h1-10,15H;9-10,12-13H,5-8H2,1-4H3;1-5H,(H,8,9). The van der Waals surface area contributed by atoms with Crippen LogP contribution in [0.3, 0.4) is 0 Å². The van der Waals surface area contributed by atoms with Gasteiger partial charge in [0.15, 0.2) is 0 Å². The fraction of sp³-hybridized carbons (Fsp3) is 0.367. The molecule has 0 aliphatic rings. The van der Waals surface area contributed by atoms with Gasteiger partial charge in [0, 0.05) is 5.41 Å². The summed E-state index contributed by atoms with van der Waals surface area (Å²) in [5, 5.41) is 27.0. The minimum absolute atomic E-state index is 0.0129. The second-order valence-electron chi connectivity index (χ2n) is 9.35. The molecule has 6 nitrogen and oxygen atoms in total. The smallest absolute Gasteiger partial charge is 0.335 e. The normalized spacial score (nSPS) is 10.6. The van der Waals surface area contributed by atoms with Gasteiger partial charge in [-0.1, -0.05) is 88.7 Å². The Labute approximate surface area is 223 Å². The van der Waals surface area contributed by atoms with Crippen molar-refractivity contribution in [1.29, 1.82) is 0 Å². The molecule has 7 heteroatoms.